The van der Waals surface area contributed by atoms with E-state index >= 15 is 0 Å². The van der Waals surface area contributed by atoms with Crippen molar-refractivity contribution in [1.82, 2.24) is 4.72 Å². The fourth-order valence-corrected chi connectivity index (χ4v) is 6.77. The van der Waals surface area contributed by atoms with Crippen LogP contribution in [0.25, 0.3) is 0 Å². The lowest BCUT2D eigenvalue weighted by molar-refractivity contribution is 0.141. The summed E-state index contributed by atoms with van der Waals surface area (Å²) in [6.45, 7) is -0.197. The van der Waals surface area contributed by atoms with Crippen LogP contribution in [-0.2, 0) is 19.9 Å². The topological polar surface area (TPSA) is 101 Å². The van der Waals surface area contributed by atoms with Gasteiger partial charge in [-0.1, -0.05) is 19.3 Å². The molecule has 2 rings (SSSR count). The molecule has 6 nitrogen and oxygen atoms in total. The highest BCUT2D eigenvalue weighted by Crippen LogP contribution is 2.30. The molecule has 0 aromatic rings. The van der Waals surface area contributed by atoms with E-state index in [4.69, 9.17) is 0 Å². The zero-order chi connectivity index (χ0) is 14.9. The van der Waals surface area contributed by atoms with Crippen molar-refractivity contribution in [3.63, 3.8) is 0 Å². The van der Waals surface area contributed by atoms with Gasteiger partial charge in [0.05, 0.1) is 28.9 Å². The molecule has 118 valence electrons. The van der Waals surface area contributed by atoms with Gasteiger partial charge in [-0.05, 0) is 25.7 Å². The van der Waals surface area contributed by atoms with Crippen molar-refractivity contribution >= 4 is 19.9 Å². The van der Waals surface area contributed by atoms with E-state index in [1.165, 1.54) is 0 Å². The van der Waals surface area contributed by atoms with Crippen molar-refractivity contribution in [2.24, 2.45) is 0 Å². The Balaban J connectivity index is 2.07. The molecule has 0 spiro atoms. The second kappa shape index (κ2) is 5.90. The number of aliphatic hydroxyl groups excluding tert-OH is 1. The van der Waals surface area contributed by atoms with Gasteiger partial charge in [-0.15, -0.1) is 0 Å². The summed E-state index contributed by atoms with van der Waals surface area (Å²) in [4.78, 5) is 0. The highest BCUT2D eigenvalue weighted by molar-refractivity contribution is 7.92. The van der Waals surface area contributed by atoms with E-state index in [0.29, 0.717) is 12.8 Å². The molecule has 0 radical (unpaired) electrons. The van der Waals surface area contributed by atoms with Gasteiger partial charge >= 0.3 is 0 Å². The summed E-state index contributed by atoms with van der Waals surface area (Å²) in [5, 5.41) is 8.91. The molecule has 0 aromatic heterocycles. The van der Waals surface area contributed by atoms with Crippen molar-refractivity contribution in [3.05, 3.63) is 0 Å². The Bertz CT molecular complexity index is 520. The molecular formula is C12H23NO5S2. The van der Waals surface area contributed by atoms with E-state index in [-0.39, 0.29) is 31.0 Å². The van der Waals surface area contributed by atoms with Gasteiger partial charge in [0, 0.05) is 0 Å². The lowest BCUT2D eigenvalue weighted by Crippen LogP contribution is -2.55. The van der Waals surface area contributed by atoms with Gasteiger partial charge < -0.3 is 5.11 Å². The Labute approximate surface area is 120 Å². The lowest BCUT2D eigenvalue weighted by Gasteiger charge is -2.37. The highest BCUT2D eigenvalue weighted by atomic mass is 32.2. The number of hydrogen-bond acceptors (Lipinski definition) is 5. The van der Waals surface area contributed by atoms with Gasteiger partial charge in [0.2, 0.25) is 10.0 Å². The fraction of sp³-hybridized carbons (Fsp3) is 1.00. The molecule has 1 heterocycles. The molecule has 0 amide bonds. The van der Waals surface area contributed by atoms with Crippen LogP contribution >= 0.6 is 0 Å². The van der Waals surface area contributed by atoms with Crippen molar-refractivity contribution in [2.45, 2.75) is 55.7 Å². The van der Waals surface area contributed by atoms with Crippen LogP contribution in [0.4, 0.5) is 0 Å². The number of rotatable bonds is 4. The Morgan fingerprint density at radius 1 is 1.10 bits per heavy atom. The molecule has 0 unspecified atom stereocenters. The highest BCUT2D eigenvalue weighted by Gasteiger charge is 2.40. The summed E-state index contributed by atoms with van der Waals surface area (Å²) >= 11 is 0. The number of hydrogen-bond donors (Lipinski definition) is 2. The minimum absolute atomic E-state index is 0.0648. The van der Waals surface area contributed by atoms with Crippen LogP contribution in [0.5, 0.6) is 0 Å². The molecule has 2 aliphatic rings. The summed E-state index contributed by atoms with van der Waals surface area (Å²) < 4.78 is 50.3. The van der Waals surface area contributed by atoms with Crippen LogP contribution in [0.1, 0.15) is 44.9 Å². The van der Waals surface area contributed by atoms with Crippen molar-refractivity contribution < 1.29 is 21.9 Å². The molecule has 1 saturated carbocycles. The van der Waals surface area contributed by atoms with Gasteiger partial charge in [0.1, 0.15) is 9.84 Å². The zero-order valence-corrected chi connectivity index (χ0v) is 13.2. The average Bonchev–Trinajstić information content (AvgIpc) is 2.38. The first-order valence-corrected chi connectivity index (χ1v) is 10.5. The Hall–Kier alpha value is -0.180. The number of sulfonamides is 1. The van der Waals surface area contributed by atoms with Crippen LogP contribution in [0.3, 0.4) is 0 Å². The third-order valence-corrected chi connectivity index (χ3v) is 8.19. The van der Waals surface area contributed by atoms with E-state index in [0.717, 1.165) is 19.3 Å². The van der Waals surface area contributed by atoms with Crippen LogP contribution in [-0.4, -0.2) is 50.8 Å². The maximum atomic E-state index is 12.4. The standard InChI is InChI=1S/C12H23NO5S2/c14-10-12(6-2-1-3-7-12)13-20(17,18)11-4-8-19(15,16)9-5-11/h11,13-14H,1-10H2. The molecular weight excluding hydrogens is 302 g/mol. The summed E-state index contributed by atoms with van der Waals surface area (Å²) in [6.07, 6.45) is 4.47. The summed E-state index contributed by atoms with van der Waals surface area (Å²) in [5.41, 5.74) is -0.743. The summed E-state index contributed by atoms with van der Waals surface area (Å²) in [7, 11) is -6.65. The zero-order valence-electron chi connectivity index (χ0n) is 11.5. The van der Waals surface area contributed by atoms with Crippen molar-refractivity contribution in [2.75, 3.05) is 18.1 Å². The van der Waals surface area contributed by atoms with Crippen LogP contribution in [0, 0.1) is 0 Å². The third-order valence-electron chi connectivity index (χ3n) is 4.41. The normalized spacial score (nSPS) is 27.2. The average molecular weight is 325 g/mol. The molecule has 0 bridgehead atoms. The lowest BCUT2D eigenvalue weighted by atomic mass is 9.83. The molecule has 20 heavy (non-hydrogen) atoms. The van der Waals surface area contributed by atoms with Gasteiger partial charge in [-0.25, -0.2) is 21.6 Å². The molecule has 2 fully saturated rings. The van der Waals surface area contributed by atoms with Gasteiger partial charge in [0.15, 0.2) is 0 Å². The van der Waals surface area contributed by atoms with Crippen LogP contribution < -0.4 is 4.72 Å². The van der Waals surface area contributed by atoms with Gasteiger partial charge in [0.25, 0.3) is 0 Å². The maximum Gasteiger partial charge on any atom is 0.215 e. The van der Waals surface area contributed by atoms with E-state index in [1.54, 1.807) is 0 Å². The molecule has 0 atom stereocenters. The predicted molar refractivity (Wildman–Crippen MR) is 76.6 cm³/mol. The fourth-order valence-electron chi connectivity index (χ4n) is 3.08. The molecule has 2 N–H and O–H groups in total. The summed E-state index contributed by atoms with van der Waals surface area (Å²) in [6, 6.07) is 0. The molecule has 1 aliphatic heterocycles. The summed E-state index contributed by atoms with van der Waals surface area (Å²) in [5.74, 6) is -0.130. The Morgan fingerprint density at radius 3 is 2.15 bits per heavy atom. The largest absolute Gasteiger partial charge is 0.394 e. The monoisotopic (exact) mass is 325 g/mol. The minimum Gasteiger partial charge on any atom is -0.394 e. The molecule has 1 aliphatic carbocycles. The first kappa shape index (κ1) is 16.2. The Kier molecular flexibility index (Phi) is 4.78. The predicted octanol–water partition coefficient (Wildman–Crippen LogP) is 0.178. The van der Waals surface area contributed by atoms with Crippen LogP contribution in [0.15, 0.2) is 0 Å². The van der Waals surface area contributed by atoms with E-state index in [9.17, 15) is 21.9 Å². The second-order valence-corrected chi connectivity index (χ2v) is 10.3. The smallest absolute Gasteiger partial charge is 0.215 e. The van der Waals surface area contributed by atoms with E-state index in [1.807, 2.05) is 0 Å². The van der Waals surface area contributed by atoms with Gasteiger partial charge in [-0.2, -0.15) is 0 Å². The van der Waals surface area contributed by atoms with Crippen molar-refractivity contribution in [3.8, 4) is 0 Å². The number of aliphatic hydroxyl groups is 1. The molecule has 0 aromatic carbocycles. The molecule has 8 heteroatoms. The SMILES string of the molecule is O=S1(=O)CCC(S(=O)(=O)NC2(CO)CCCCC2)CC1. The third kappa shape index (κ3) is 3.72. The van der Waals surface area contributed by atoms with E-state index < -0.39 is 30.6 Å². The minimum atomic E-state index is -3.58. The number of sulfone groups is 1. The van der Waals surface area contributed by atoms with Crippen molar-refractivity contribution in [1.29, 1.82) is 0 Å². The second-order valence-electron chi connectivity index (χ2n) is 6.00. The quantitative estimate of drug-likeness (QED) is 0.768. The van der Waals surface area contributed by atoms with Crippen LogP contribution in [0.2, 0.25) is 0 Å². The molecule has 1 saturated heterocycles. The first-order chi connectivity index (χ1) is 9.29. The first-order valence-electron chi connectivity index (χ1n) is 7.13. The Morgan fingerprint density at radius 2 is 1.65 bits per heavy atom. The van der Waals surface area contributed by atoms with E-state index in [2.05, 4.69) is 4.72 Å². The maximum absolute atomic E-state index is 12.4. The van der Waals surface area contributed by atoms with Gasteiger partial charge in [-0.3, -0.25) is 0 Å². The number of nitrogens with one attached hydrogen (secondary N) is 1.